The highest BCUT2D eigenvalue weighted by Crippen LogP contribution is 2.29. The smallest absolute Gasteiger partial charge is 0.355 e. The number of amides is 1. The Morgan fingerprint density at radius 2 is 1.79 bits per heavy atom. The van der Waals surface area contributed by atoms with Gasteiger partial charge in [0.25, 0.3) is 5.82 Å². The van der Waals surface area contributed by atoms with Gasteiger partial charge < -0.3 is 10.2 Å². The molecule has 1 amide bonds. The standard InChI is InChI=1S/C24H27F3N6O/c1-15(18-7-6-16-4-2-3-5-19(16)14-18)28-22(34)17-10-12-32(13-11-17)21-9-8-20-29-30-23(24(25,26)27)33(20)31-21/h6-9,14-15,17H,2-5,10-13H2,1H3,(H,28,34). The molecular formula is C24H27F3N6O. The molecule has 1 unspecified atom stereocenters. The van der Waals surface area contributed by atoms with Crippen LogP contribution < -0.4 is 10.2 Å². The van der Waals surface area contributed by atoms with E-state index in [1.165, 1.54) is 30.0 Å². The third-order valence-corrected chi connectivity index (χ3v) is 6.92. The Kier molecular flexibility index (Phi) is 5.91. The number of aromatic nitrogens is 4. The second-order valence-corrected chi connectivity index (χ2v) is 9.21. The van der Waals surface area contributed by atoms with Crippen molar-refractivity contribution in [1.29, 1.82) is 0 Å². The Hall–Kier alpha value is -3.17. The second kappa shape index (κ2) is 8.88. The van der Waals surface area contributed by atoms with Crippen molar-refractivity contribution in [3.05, 3.63) is 52.8 Å². The Labute approximate surface area is 195 Å². The predicted octanol–water partition coefficient (Wildman–Crippen LogP) is 4.12. The molecule has 10 heteroatoms. The topological polar surface area (TPSA) is 75.4 Å². The van der Waals surface area contributed by atoms with Crippen molar-refractivity contribution >= 4 is 17.4 Å². The molecule has 0 radical (unpaired) electrons. The van der Waals surface area contributed by atoms with Crippen LogP contribution in [0.25, 0.3) is 5.65 Å². The van der Waals surface area contributed by atoms with Crippen molar-refractivity contribution in [2.24, 2.45) is 5.92 Å². The van der Waals surface area contributed by atoms with Gasteiger partial charge in [-0.25, -0.2) is 0 Å². The lowest BCUT2D eigenvalue weighted by atomic mass is 9.89. The lowest BCUT2D eigenvalue weighted by molar-refractivity contribution is -0.146. The summed E-state index contributed by atoms with van der Waals surface area (Å²) < 4.78 is 40.2. The molecule has 1 atom stereocenters. The zero-order chi connectivity index (χ0) is 23.9. The fourth-order valence-electron chi connectivity index (χ4n) is 4.93. The molecule has 5 rings (SSSR count). The third kappa shape index (κ3) is 4.45. The molecule has 0 spiro atoms. The van der Waals surface area contributed by atoms with Crippen LogP contribution in [0.3, 0.4) is 0 Å². The first kappa shape index (κ1) is 22.6. The summed E-state index contributed by atoms with van der Waals surface area (Å²) in [6.45, 7) is 3.08. The molecule has 1 N–H and O–H groups in total. The van der Waals surface area contributed by atoms with Gasteiger partial charge in [0.05, 0.1) is 6.04 Å². The van der Waals surface area contributed by atoms with E-state index in [9.17, 15) is 18.0 Å². The van der Waals surface area contributed by atoms with Gasteiger partial charge >= 0.3 is 6.18 Å². The second-order valence-electron chi connectivity index (χ2n) is 9.21. The number of hydrogen-bond donors (Lipinski definition) is 1. The van der Waals surface area contributed by atoms with E-state index in [0.717, 1.165) is 22.9 Å². The number of fused-ring (bicyclic) bond motifs is 2. The Bertz CT molecular complexity index is 1200. The number of alkyl halides is 3. The summed E-state index contributed by atoms with van der Waals surface area (Å²) in [5.74, 6) is -0.846. The van der Waals surface area contributed by atoms with Gasteiger partial charge in [-0.2, -0.15) is 17.7 Å². The molecule has 2 aliphatic rings. The minimum absolute atomic E-state index is 0.0199. The average Bonchev–Trinajstić information content (AvgIpc) is 3.28. The zero-order valence-electron chi connectivity index (χ0n) is 19.0. The van der Waals surface area contributed by atoms with E-state index in [2.05, 4.69) is 38.8 Å². The molecule has 0 saturated carbocycles. The maximum atomic E-state index is 13.2. The van der Waals surface area contributed by atoms with Crippen LogP contribution in [0.5, 0.6) is 0 Å². The van der Waals surface area contributed by atoms with Crippen molar-refractivity contribution in [3.8, 4) is 0 Å². The summed E-state index contributed by atoms with van der Waals surface area (Å²) in [5, 5.41) is 14.0. The van der Waals surface area contributed by atoms with E-state index in [-0.39, 0.29) is 23.5 Å². The first-order valence-electron chi connectivity index (χ1n) is 11.8. The highest BCUT2D eigenvalue weighted by atomic mass is 19.4. The van der Waals surface area contributed by atoms with Crippen molar-refractivity contribution in [2.45, 2.75) is 57.7 Å². The Morgan fingerprint density at radius 3 is 2.53 bits per heavy atom. The van der Waals surface area contributed by atoms with Gasteiger partial charge in [-0.3, -0.25) is 4.79 Å². The highest BCUT2D eigenvalue weighted by Gasteiger charge is 2.38. The van der Waals surface area contributed by atoms with Crippen LogP contribution in [0, 0.1) is 5.92 Å². The van der Waals surface area contributed by atoms with Crippen molar-refractivity contribution in [2.75, 3.05) is 18.0 Å². The van der Waals surface area contributed by atoms with E-state index in [0.29, 0.717) is 31.7 Å². The molecule has 0 bridgehead atoms. The van der Waals surface area contributed by atoms with E-state index in [1.54, 1.807) is 6.07 Å². The molecule has 1 fully saturated rings. The number of aryl methyl sites for hydroxylation is 2. The van der Waals surface area contributed by atoms with E-state index < -0.39 is 12.0 Å². The van der Waals surface area contributed by atoms with Gasteiger partial charge in [0.2, 0.25) is 5.91 Å². The quantitative estimate of drug-likeness (QED) is 0.619. The van der Waals surface area contributed by atoms with Crippen LogP contribution in [0.4, 0.5) is 19.0 Å². The predicted molar refractivity (Wildman–Crippen MR) is 120 cm³/mol. The molecular weight excluding hydrogens is 445 g/mol. The number of nitrogens with one attached hydrogen (secondary N) is 1. The number of halogens is 3. The van der Waals surface area contributed by atoms with Crippen LogP contribution >= 0.6 is 0 Å². The lowest BCUT2D eigenvalue weighted by Crippen LogP contribution is -2.41. The normalized spacial score (nSPS) is 18.1. The van der Waals surface area contributed by atoms with Crippen molar-refractivity contribution < 1.29 is 18.0 Å². The van der Waals surface area contributed by atoms with Crippen molar-refractivity contribution in [1.82, 2.24) is 25.1 Å². The van der Waals surface area contributed by atoms with E-state index in [4.69, 9.17) is 0 Å². The number of carbonyl (C=O) groups excluding carboxylic acids is 1. The Balaban J connectivity index is 1.21. The minimum Gasteiger partial charge on any atom is -0.355 e. The molecule has 3 aromatic rings. The number of carbonyl (C=O) groups is 1. The summed E-state index contributed by atoms with van der Waals surface area (Å²) >= 11 is 0. The highest BCUT2D eigenvalue weighted by molar-refractivity contribution is 5.79. The molecule has 3 heterocycles. The summed E-state index contributed by atoms with van der Waals surface area (Å²) in [6.07, 6.45) is 1.27. The summed E-state index contributed by atoms with van der Waals surface area (Å²) in [6, 6.07) is 9.57. The molecule has 2 aromatic heterocycles. The van der Waals surface area contributed by atoms with E-state index in [1.807, 2.05) is 11.8 Å². The summed E-state index contributed by atoms with van der Waals surface area (Å²) in [7, 11) is 0. The van der Waals surface area contributed by atoms with Gasteiger partial charge in [-0.05, 0) is 74.3 Å². The lowest BCUT2D eigenvalue weighted by Gasteiger charge is -2.32. The molecule has 1 aliphatic carbocycles. The summed E-state index contributed by atoms with van der Waals surface area (Å²) in [4.78, 5) is 14.8. The molecule has 1 aliphatic heterocycles. The molecule has 34 heavy (non-hydrogen) atoms. The maximum Gasteiger partial charge on any atom is 0.453 e. The molecule has 1 aromatic carbocycles. The van der Waals surface area contributed by atoms with Crippen molar-refractivity contribution in [3.63, 3.8) is 0 Å². The van der Waals surface area contributed by atoms with Gasteiger partial charge in [-0.15, -0.1) is 15.3 Å². The molecule has 180 valence electrons. The number of nitrogens with zero attached hydrogens (tertiary/aromatic N) is 5. The fraction of sp³-hybridized carbons (Fsp3) is 0.500. The first-order valence-corrected chi connectivity index (χ1v) is 11.8. The monoisotopic (exact) mass is 472 g/mol. The van der Waals surface area contributed by atoms with Gasteiger partial charge in [0, 0.05) is 19.0 Å². The van der Waals surface area contributed by atoms with Crippen LogP contribution in [0.15, 0.2) is 30.3 Å². The van der Waals surface area contributed by atoms with Gasteiger partial charge in [-0.1, -0.05) is 18.2 Å². The molecule has 7 nitrogen and oxygen atoms in total. The average molecular weight is 473 g/mol. The number of benzene rings is 1. The fourth-order valence-corrected chi connectivity index (χ4v) is 4.93. The number of hydrogen-bond acceptors (Lipinski definition) is 5. The number of anilines is 1. The van der Waals surface area contributed by atoms with Crippen LogP contribution in [0.1, 0.15) is 61.2 Å². The third-order valence-electron chi connectivity index (χ3n) is 6.92. The summed E-state index contributed by atoms with van der Waals surface area (Å²) in [5.41, 5.74) is 3.98. The Morgan fingerprint density at radius 1 is 1.06 bits per heavy atom. The SMILES string of the molecule is CC(NC(=O)C1CCN(c2ccc3nnc(C(F)(F)F)n3n2)CC1)c1ccc2c(c1)CCCC2. The van der Waals surface area contributed by atoms with Crippen LogP contribution in [-0.4, -0.2) is 38.8 Å². The first-order chi connectivity index (χ1) is 16.3. The van der Waals surface area contributed by atoms with Gasteiger partial charge in [0.15, 0.2) is 5.65 Å². The maximum absolute atomic E-state index is 13.2. The minimum atomic E-state index is -4.63. The number of piperidine rings is 1. The van der Waals surface area contributed by atoms with E-state index >= 15 is 0 Å². The van der Waals surface area contributed by atoms with Crippen LogP contribution in [-0.2, 0) is 23.8 Å². The van der Waals surface area contributed by atoms with Gasteiger partial charge in [0.1, 0.15) is 5.82 Å². The number of rotatable bonds is 4. The largest absolute Gasteiger partial charge is 0.453 e. The zero-order valence-corrected chi connectivity index (χ0v) is 19.0. The van der Waals surface area contributed by atoms with Crippen LogP contribution in [0.2, 0.25) is 0 Å². The molecule has 1 saturated heterocycles.